The van der Waals surface area contributed by atoms with Gasteiger partial charge in [-0.1, -0.05) is 6.07 Å². The molecule has 0 aliphatic heterocycles. The summed E-state index contributed by atoms with van der Waals surface area (Å²) >= 11 is 0. The third-order valence-electron chi connectivity index (χ3n) is 4.26. The molecule has 3 aromatic rings. The van der Waals surface area contributed by atoms with E-state index in [-0.39, 0.29) is 0 Å². The van der Waals surface area contributed by atoms with E-state index in [1.54, 1.807) is 6.33 Å². The Morgan fingerprint density at radius 1 is 1.22 bits per heavy atom. The lowest BCUT2D eigenvalue weighted by molar-refractivity contribution is -0.104. The Labute approximate surface area is 132 Å². The second-order valence-electron chi connectivity index (χ2n) is 5.71. The maximum atomic E-state index is 11.5. The van der Waals surface area contributed by atoms with E-state index in [0.717, 1.165) is 40.1 Å². The summed E-state index contributed by atoms with van der Waals surface area (Å²) in [5, 5.41) is 0. The Morgan fingerprint density at radius 2 is 2.04 bits per heavy atom. The summed E-state index contributed by atoms with van der Waals surface area (Å²) in [5.41, 5.74) is 12.3. The Balaban J connectivity index is 2.21. The molecule has 0 unspecified atom stereocenters. The molecular formula is C17H15N5O. The van der Waals surface area contributed by atoms with Gasteiger partial charge in [0.05, 0.1) is 16.9 Å². The fourth-order valence-corrected chi connectivity index (χ4v) is 3.05. The van der Waals surface area contributed by atoms with E-state index in [9.17, 15) is 4.79 Å². The molecule has 23 heavy (non-hydrogen) atoms. The zero-order chi connectivity index (χ0) is 16.1. The molecule has 3 heterocycles. The summed E-state index contributed by atoms with van der Waals surface area (Å²) in [4.78, 5) is 25.0. The van der Waals surface area contributed by atoms with Gasteiger partial charge in [0.25, 0.3) is 0 Å². The summed E-state index contributed by atoms with van der Waals surface area (Å²) in [5.74, 6) is 0.810. The molecule has 6 heteroatoms. The topological polar surface area (TPSA) is 86.2 Å². The molecule has 0 bridgehead atoms. The first-order valence-corrected chi connectivity index (χ1v) is 7.34. The molecule has 4 rings (SSSR count). The summed E-state index contributed by atoms with van der Waals surface area (Å²) in [6.07, 6.45) is 4.70. The third kappa shape index (κ3) is 1.88. The smallest absolute Gasteiger partial charge is 0.148 e. The van der Waals surface area contributed by atoms with Crippen LogP contribution < -0.4 is 5.73 Å². The number of imidazole rings is 1. The average Bonchev–Trinajstić information content (AvgIpc) is 2.98. The molecule has 0 saturated carbocycles. The Hall–Kier alpha value is -3.02. The molecule has 1 aliphatic rings. The average molecular weight is 305 g/mol. The van der Waals surface area contributed by atoms with Gasteiger partial charge >= 0.3 is 0 Å². The molecule has 0 amide bonds. The number of carbonyl (C=O) groups excluding carboxylic acids is 1. The van der Waals surface area contributed by atoms with Crippen LogP contribution in [0.3, 0.4) is 0 Å². The van der Waals surface area contributed by atoms with Crippen LogP contribution in [0.4, 0.5) is 0 Å². The standard InChI is InChI=1S/C17H15N5O/c1-9-3-4-12-13-6-19-10(2)22-8-20-16(17(13)22)15(18)11(7-23)5-14(12)21-9/h3-4,6-8H,5,18H2,1-2H3/b15-11-. The largest absolute Gasteiger partial charge is 0.397 e. The second-order valence-corrected chi connectivity index (χ2v) is 5.71. The van der Waals surface area contributed by atoms with Crippen molar-refractivity contribution in [2.75, 3.05) is 0 Å². The van der Waals surface area contributed by atoms with Crippen LogP contribution in [0.5, 0.6) is 0 Å². The highest BCUT2D eigenvalue weighted by Gasteiger charge is 2.23. The summed E-state index contributed by atoms with van der Waals surface area (Å²) in [6.45, 7) is 3.84. The number of rotatable bonds is 1. The lowest BCUT2D eigenvalue weighted by Crippen LogP contribution is -2.11. The maximum absolute atomic E-state index is 11.5. The number of nitrogens with two attached hydrogens (primary N) is 1. The van der Waals surface area contributed by atoms with Gasteiger partial charge in [-0.05, 0) is 19.9 Å². The summed E-state index contributed by atoms with van der Waals surface area (Å²) < 4.78 is 1.90. The highest BCUT2D eigenvalue weighted by atomic mass is 16.1. The predicted octanol–water partition coefficient (Wildman–Crippen LogP) is 1.83. The predicted molar refractivity (Wildman–Crippen MR) is 86.6 cm³/mol. The van der Waals surface area contributed by atoms with Gasteiger partial charge in [-0.3, -0.25) is 14.2 Å². The number of nitrogens with zero attached hydrogens (tertiary/aromatic N) is 4. The van der Waals surface area contributed by atoms with Gasteiger partial charge in [0, 0.05) is 35.0 Å². The first-order chi connectivity index (χ1) is 11.1. The quantitative estimate of drug-likeness (QED) is 0.693. The van der Waals surface area contributed by atoms with Crippen LogP contribution in [-0.4, -0.2) is 25.6 Å². The molecule has 114 valence electrons. The number of pyridine rings is 1. The van der Waals surface area contributed by atoms with Crippen LogP contribution in [-0.2, 0) is 11.2 Å². The first-order valence-electron chi connectivity index (χ1n) is 7.34. The minimum atomic E-state index is 0.388. The molecule has 2 N–H and O–H groups in total. The van der Waals surface area contributed by atoms with Gasteiger partial charge in [-0.15, -0.1) is 0 Å². The van der Waals surface area contributed by atoms with Crippen molar-refractivity contribution < 1.29 is 4.79 Å². The molecular weight excluding hydrogens is 290 g/mol. The van der Waals surface area contributed by atoms with Crippen LogP contribution in [0.25, 0.3) is 22.3 Å². The van der Waals surface area contributed by atoms with Gasteiger partial charge in [-0.25, -0.2) is 9.97 Å². The zero-order valence-electron chi connectivity index (χ0n) is 12.9. The Kier molecular flexibility index (Phi) is 2.81. The van der Waals surface area contributed by atoms with Crippen LogP contribution in [0.1, 0.15) is 22.9 Å². The number of aromatic nitrogens is 4. The van der Waals surface area contributed by atoms with E-state index >= 15 is 0 Å². The SMILES string of the molecule is Cc1ccc2c(n1)C/C(C=O)=C(/N)c1ncn3c(C)ncc-2c13. The Bertz CT molecular complexity index is 1000. The monoisotopic (exact) mass is 305 g/mol. The van der Waals surface area contributed by atoms with Crippen molar-refractivity contribution in [3.05, 3.63) is 53.1 Å². The van der Waals surface area contributed by atoms with Gasteiger partial charge in [0.15, 0.2) is 0 Å². The van der Waals surface area contributed by atoms with E-state index in [4.69, 9.17) is 5.73 Å². The number of aryl methyl sites for hydroxylation is 2. The lowest BCUT2D eigenvalue weighted by atomic mass is 9.94. The maximum Gasteiger partial charge on any atom is 0.148 e. The van der Waals surface area contributed by atoms with Crippen LogP contribution in [0, 0.1) is 13.8 Å². The minimum Gasteiger partial charge on any atom is -0.397 e. The van der Waals surface area contributed by atoms with Crippen molar-refractivity contribution >= 4 is 17.5 Å². The minimum absolute atomic E-state index is 0.388. The Morgan fingerprint density at radius 3 is 2.83 bits per heavy atom. The normalized spacial score (nSPS) is 16.8. The van der Waals surface area contributed by atoms with E-state index in [1.807, 2.05) is 36.6 Å². The molecule has 1 aliphatic carbocycles. The third-order valence-corrected chi connectivity index (χ3v) is 4.26. The number of carbonyl (C=O) groups is 1. The van der Waals surface area contributed by atoms with E-state index < -0.39 is 0 Å². The fourth-order valence-electron chi connectivity index (χ4n) is 3.05. The first kappa shape index (κ1) is 13.6. The van der Waals surface area contributed by atoms with Crippen molar-refractivity contribution in [1.29, 1.82) is 0 Å². The number of hydrogen-bond acceptors (Lipinski definition) is 5. The second kappa shape index (κ2) is 4.74. The van der Waals surface area contributed by atoms with Crippen molar-refractivity contribution in [1.82, 2.24) is 19.4 Å². The van der Waals surface area contributed by atoms with E-state index in [1.165, 1.54) is 0 Å². The number of aldehydes is 1. The number of hydrogen-bond donors (Lipinski definition) is 1. The van der Waals surface area contributed by atoms with Crippen molar-refractivity contribution in [3.8, 4) is 11.1 Å². The van der Waals surface area contributed by atoms with E-state index in [2.05, 4.69) is 15.0 Å². The highest BCUT2D eigenvalue weighted by molar-refractivity contribution is 5.96. The zero-order valence-corrected chi connectivity index (χ0v) is 12.9. The van der Waals surface area contributed by atoms with Gasteiger partial charge in [0.1, 0.15) is 24.1 Å². The lowest BCUT2D eigenvalue weighted by Gasteiger charge is -2.16. The van der Waals surface area contributed by atoms with Crippen molar-refractivity contribution in [2.24, 2.45) is 5.73 Å². The molecule has 0 aromatic carbocycles. The van der Waals surface area contributed by atoms with Crippen LogP contribution >= 0.6 is 0 Å². The molecule has 0 fully saturated rings. The van der Waals surface area contributed by atoms with Crippen LogP contribution in [0.15, 0.2) is 30.2 Å². The van der Waals surface area contributed by atoms with Gasteiger partial charge in [-0.2, -0.15) is 0 Å². The van der Waals surface area contributed by atoms with Gasteiger partial charge < -0.3 is 5.73 Å². The molecule has 0 saturated heterocycles. The molecule has 0 atom stereocenters. The number of fused-ring (bicyclic) bond motifs is 2. The molecule has 0 radical (unpaired) electrons. The number of allylic oxidation sites excluding steroid dienone is 1. The molecule has 0 spiro atoms. The van der Waals surface area contributed by atoms with Crippen molar-refractivity contribution in [2.45, 2.75) is 20.3 Å². The van der Waals surface area contributed by atoms with Gasteiger partial charge in [0.2, 0.25) is 0 Å². The van der Waals surface area contributed by atoms with Crippen LogP contribution in [0.2, 0.25) is 0 Å². The van der Waals surface area contributed by atoms with E-state index in [0.29, 0.717) is 23.4 Å². The summed E-state index contributed by atoms with van der Waals surface area (Å²) in [6, 6.07) is 3.98. The molecule has 6 nitrogen and oxygen atoms in total. The fraction of sp³-hybridized carbons (Fsp3) is 0.176. The summed E-state index contributed by atoms with van der Waals surface area (Å²) in [7, 11) is 0. The molecule has 3 aromatic heterocycles. The highest BCUT2D eigenvalue weighted by Crippen LogP contribution is 2.34. The van der Waals surface area contributed by atoms with Crippen molar-refractivity contribution in [3.63, 3.8) is 0 Å².